The molecule has 0 saturated carbocycles. The molecule has 0 spiro atoms. The van der Waals surface area contributed by atoms with Crippen LogP contribution in [-0.2, 0) is 6.54 Å². The second-order valence-electron chi connectivity index (χ2n) is 8.55. The largest absolute Gasteiger partial charge is 0.493 e. The molecule has 1 aliphatic rings. The van der Waals surface area contributed by atoms with Crippen molar-refractivity contribution in [2.75, 3.05) is 20.2 Å². The molecule has 7 nitrogen and oxygen atoms in total. The minimum absolute atomic E-state index is 0.0252. The number of rotatable bonds is 6. The van der Waals surface area contributed by atoms with E-state index in [0.717, 1.165) is 54.8 Å². The molecule has 1 fully saturated rings. The van der Waals surface area contributed by atoms with Gasteiger partial charge in [-0.05, 0) is 54.8 Å². The maximum Gasteiger partial charge on any atom is 0.326 e. The lowest BCUT2D eigenvalue weighted by molar-refractivity contribution is 0.180. The van der Waals surface area contributed by atoms with E-state index in [-0.39, 0.29) is 11.7 Å². The van der Waals surface area contributed by atoms with Gasteiger partial charge in [0.05, 0.1) is 29.8 Å². The van der Waals surface area contributed by atoms with E-state index in [1.54, 1.807) is 25.3 Å². The SMILES string of the molecule is COc1cc(C#N)ccc1Oc1cccc(CN2CCC(n3c(=O)[nH]c4ccccc43)CC2)c1. The summed E-state index contributed by atoms with van der Waals surface area (Å²) < 4.78 is 13.4. The second kappa shape index (κ2) is 9.46. The highest BCUT2D eigenvalue weighted by atomic mass is 16.5. The first kappa shape index (κ1) is 21.8. The number of imidazole rings is 1. The summed E-state index contributed by atoms with van der Waals surface area (Å²) in [5, 5.41) is 9.09. The van der Waals surface area contributed by atoms with Crippen molar-refractivity contribution in [3.8, 4) is 23.3 Å². The normalized spacial score (nSPS) is 14.7. The van der Waals surface area contributed by atoms with Gasteiger partial charge in [0.1, 0.15) is 5.75 Å². The molecule has 1 saturated heterocycles. The fraction of sp³-hybridized carbons (Fsp3) is 0.259. The highest BCUT2D eigenvalue weighted by Gasteiger charge is 2.23. The third-order valence-electron chi connectivity index (χ3n) is 6.37. The Labute approximate surface area is 197 Å². The van der Waals surface area contributed by atoms with Crippen LogP contribution in [0, 0.1) is 11.3 Å². The van der Waals surface area contributed by atoms with Crippen LogP contribution in [0.4, 0.5) is 0 Å². The maximum absolute atomic E-state index is 12.5. The monoisotopic (exact) mass is 454 g/mol. The number of methoxy groups -OCH3 is 1. The Morgan fingerprint density at radius 1 is 1.03 bits per heavy atom. The number of nitriles is 1. The van der Waals surface area contributed by atoms with Gasteiger partial charge in [0.25, 0.3) is 0 Å². The van der Waals surface area contributed by atoms with Gasteiger partial charge in [-0.15, -0.1) is 0 Å². The number of likely N-dealkylation sites (tertiary alicyclic amines) is 1. The van der Waals surface area contributed by atoms with E-state index in [1.165, 1.54) is 0 Å². The molecule has 4 aromatic rings. The lowest BCUT2D eigenvalue weighted by atomic mass is 10.0. The van der Waals surface area contributed by atoms with Crippen molar-refractivity contribution in [3.63, 3.8) is 0 Å². The number of fused-ring (bicyclic) bond motifs is 1. The van der Waals surface area contributed by atoms with E-state index in [2.05, 4.69) is 22.0 Å². The van der Waals surface area contributed by atoms with Gasteiger partial charge in [-0.2, -0.15) is 5.26 Å². The van der Waals surface area contributed by atoms with Crippen molar-refractivity contribution in [1.82, 2.24) is 14.5 Å². The Morgan fingerprint density at radius 2 is 1.85 bits per heavy atom. The zero-order chi connectivity index (χ0) is 23.5. The van der Waals surface area contributed by atoms with E-state index >= 15 is 0 Å². The van der Waals surface area contributed by atoms with Crippen LogP contribution in [-0.4, -0.2) is 34.7 Å². The number of piperidine rings is 1. The quantitative estimate of drug-likeness (QED) is 0.451. The van der Waals surface area contributed by atoms with Gasteiger partial charge >= 0.3 is 5.69 Å². The van der Waals surface area contributed by atoms with Gasteiger partial charge in [0, 0.05) is 31.7 Å². The first-order chi connectivity index (χ1) is 16.6. The first-order valence-electron chi connectivity index (χ1n) is 11.4. The van der Waals surface area contributed by atoms with Crippen molar-refractivity contribution in [2.24, 2.45) is 0 Å². The van der Waals surface area contributed by atoms with Crippen LogP contribution in [0.1, 0.15) is 30.0 Å². The molecule has 1 aliphatic heterocycles. The molecule has 0 atom stereocenters. The van der Waals surface area contributed by atoms with Crippen LogP contribution in [0.15, 0.2) is 71.5 Å². The van der Waals surface area contributed by atoms with Crippen molar-refractivity contribution < 1.29 is 9.47 Å². The van der Waals surface area contributed by atoms with Crippen molar-refractivity contribution in [2.45, 2.75) is 25.4 Å². The molecule has 1 aromatic heterocycles. The zero-order valence-corrected chi connectivity index (χ0v) is 19.0. The molecule has 7 heteroatoms. The van der Waals surface area contributed by atoms with Crippen LogP contribution in [0.5, 0.6) is 17.2 Å². The highest BCUT2D eigenvalue weighted by molar-refractivity contribution is 5.75. The third-order valence-corrected chi connectivity index (χ3v) is 6.37. The van der Waals surface area contributed by atoms with Crippen LogP contribution in [0.2, 0.25) is 0 Å². The Balaban J connectivity index is 1.24. The average Bonchev–Trinajstić information content (AvgIpc) is 3.20. The minimum atomic E-state index is -0.0252. The number of aromatic nitrogens is 2. The van der Waals surface area contributed by atoms with Gasteiger partial charge < -0.3 is 14.5 Å². The number of hydrogen-bond donors (Lipinski definition) is 1. The minimum Gasteiger partial charge on any atom is -0.493 e. The van der Waals surface area contributed by atoms with E-state index in [1.807, 2.05) is 47.0 Å². The Kier molecular flexibility index (Phi) is 6.07. The van der Waals surface area contributed by atoms with Gasteiger partial charge in [-0.1, -0.05) is 24.3 Å². The number of hydrogen-bond acceptors (Lipinski definition) is 5. The van der Waals surface area contributed by atoms with Gasteiger partial charge in [0.15, 0.2) is 11.5 Å². The van der Waals surface area contributed by atoms with Crippen molar-refractivity contribution in [1.29, 1.82) is 5.26 Å². The third kappa shape index (κ3) is 4.41. The lowest BCUT2D eigenvalue weighted by Crippen LogP contribution is -2.36. The summed E-state index contributed by atoms with van der Waals surface area (Å²) in [6, 6.07) is 23.4. The summed E-state index contributed by atoms with van der Waals surface area (Å²) in [5.74, 6) is 1.82. The predicted molar refractivity (Wildman–Crippen MR) is 130 cm³/mol. The highest BCUT2D eigenvalue weighted by Crippen LogP contribution is 2.33. The molecule has 1 N–H and O–H groups in total. The number of benzene rings is 3. The summed E-state index contributed by atoms with van der Waals surface area (Å²) in [6.07, 6.45) is 1.86. The molecule has 0 aliphatic carbocycles. The van der Waals surface area contributed by atoms with Crippen LogP contribution in [0.25, 0.3) is 11.0 Å². The second-order valence-corrected chi connectivity index (χ2v) is 8.55. The Morgan fingerprint density at radius 3 is 2.65 bits per heavy atom. The topological polar surface area (TPSA) is 83.3 Å². The summed E-state index contributed by atoms with van der Waals surface area (Å²) in [6.45, 7) is 2.66. The Hall–Kier alpha value is -4.02. The molecule has 3 aromatic carbocycles. The van der Waals surface area contributed by atoms with Crippen LogP contribution in [0.3, 0.4) is 0 Å². The summed E-state index contributed by atoms with van der Waals surface area (Å²) in [4.78, 5) is 17.9. The molecule has 2 heterocycles. The Bertz CT molecular complexity index is 1410. The van der Waals surface area contributed by atoms with Gasteiger partial charge in [0.2, 0.25) is 0 Å². The fourth-order valence-corrected chi connectivity index (χ4v) is 4.69. The standard InChI is InChI=1S/C27H26N4O3/c1-33-26-16-19(17-28)9-10-25(26)34-22-6-4-5-20(15-22)18-30-13-11-21(12-14-30)31-24-8-3-2-7-23(24)29-27(31)32/h2-10,15-16,21H,11-14,18H2,1H3,(H,29,32). The molecule has 0 radical (unpaired) electrons. The lowest BCUT2D eigenvalue weighted by Gasteiger charge is -2.32. The number of H-pyrrole nitrogens is 1. The van der Waals surface area contributed by atoms with E-state index in [4.69, 9.17) is 14.7 Å². The number of para-hydroxylation sites is 2. The number of nitrogens with zero attached hydrogens (tertiary/aromatic N) is 3. The average molecular weight is 455 g/mol. The van der Waals surface area contributed by atoms with E-state index < -0.39 is 0 Å². The molecule has 172 valence electrons. The molecule has 5 rings (SSSR count). The summed E-state index contributed by atoms with van der Waals surface area (Å²) >= 11 is 0. The number of nitrogens with one attached hydrogen (secondary N) is 1. The van der Waals surface area contributed by atoms with Crippen LogP contribution < -0.4 is 15.2 Å². The molecular formula is C27H26N4O3. The van der Waals surface area contributed by atoms with Gasteiger partial charge in [-0.25, -0.2) is 4.79 Å². The fourth-order valence-electron chi connectivity index (χ4n) is 4.69. The van der Waals surface area contributed by atoms with Crippen LogP contribution >= 0.6 is 0 Å². The van der Waals surface area contributed by atoms with Crippen molar-refractivity contribution in [3.05, 3.63) is 88.3 Å². The smallest absolute Gasteiger partial charge is 0.326 e. The van der Waals surface area contributed by atoms with E-state index in [0.29, 0.717) is 17.1 Å². The van der Waals surface area contributed by atoms with E-state index in [9.17, 15) is 4.79 Å². The summed E-state index contributed by atoms with van der Waals surface area (Å²) in [7, 11) is 1.56. The zero-order valence-electron chi connectivity index (χ0n) is 19.0. The predicted octanol–water partition coefficient (Wildman–Crippen LogP) is 4.84. The number of aromatic amines is 1. The summed E-state index contributed by atoms with van der Waals surface area (Å²) in [5.41, 5.74) is 3.53. The van der Waals surface area contributed by atoms with Crippen molar-refractivity contribution >= 4 is 11.0 Å². The number of ether oxygens (including phenoxy) is 2. The molecular weight excluding hydrogens is 428 g/mol. The molecule has 0 bridgehead atoms. The first-order valence-corrected chi connectivity index (χ1v) is 11.4. The molecule has 0 amide bonds. The molecule has 34 heavy (non-hydrogen) atoms. The maximum atomic E-state index is 12.5. The van der Waals surface area contributed by atoms with Gasteiger partial charge in [-0.3, -0.25) is 9.47 Å². The molecule has 0 unspecified atom stereocenters.